The maximum atomic E-state index is 13.1. The number of amides is 1. The van der Waals surface area contributed by atoms with Crippen molar-refractivity contribution in [3.8, 4) is 5.75 Å². The Morgan fingerprint density at radius 1 is 1.03 bits per heavy atom. The molecule has 0 fully saturated rings. The molecule has 8 nitrogen and oxygen atoms in total. The number of carbonyl (C=O) groups is 1. The number of nitrogens with one attached hydrogen (secondary N) is 1. The van der Waals surface area contributed by atoms with Gasteiger partial charge in [-0.05, 0) is 30.2 Å². The molecule has 0 aliphatic heterocycles. The van der Waals surface area contributed by atoms with Gasteiger partial charge in [0.1, 0.15) is 0 Å². The summed E-state index contributed by atoms with van der Waals surface area (Å²) in [5.74, 6) is -0.639. The fourth-order valence-electron chi connectivity index (χ4n) is 3.13. The van der Waals surface area contributed by atoms with Crippen LogP contribution >= 0.6 is 0 Å². The molecule has 0 aliphatic rings. The molecule has 0 bridgehead atoms. The molecule has 3 rings (SSSR count). The van der Waals surface area contributed by atoms with E-state index in [0.29, 0.717) is 22.4 Å². The molecule has 0 heterocycles. The molecule has 0 aromatic heterocycles. The number of hydrazone groups is 1. The Bertz CT molecular complexity index is 1080. The molecule has 0 radical (unpaired) electrons. The van der Waals surface area contributed by atoms with E-state index in [1.54, 1.807) is 73.7 Å². The molecule has 0 saturated heterocycles. The molecular weight excluding hydrogens is 398 g/mol. The number of methoxy groups -OCH3 is 1. The Balaban J connectivity index is 1.93. The lowest BCUT2D eigenvalue weighted by molar-refractivity contribution is -0.385. The van der Waals surface area contributed by atoms with Crippen molar-refractivity contribution in [1.29, 1.82) is 0 Å². The first kappa shape index (κ1) is 21.7. The molecular formula is C23H21N3O5. The minimum Gasteiger partial charge on any atom is -0.490 e. The Kier molecular flexibility index (Phi) is 6.42. The second-order valence-electron chi connectivity index (χ2n) is 6.72. The average Bonchev–Trinajstić information content (AvgIpc) is 2.82. The van der Waals surface area contributed by atoms with Crippen molar-refractivity contribution in [2.75, 3.05) is 7.11 Å². The topological polar surface area (TPSA) is 114 Å². The number of aliphatic hydroxyl groups is 1. The molecule has 0 saturated carbocycles. The minimum absolute atomic E-state index is 0.119. The Morgan fingerprint density at radius 2 is 1.58 bits per heavy atom. The summed E-state index contributed by atoms with van der Waals surface area (Å²) in [6, 6.07) is 21.4. The highest BCUT2D eigenvalue weighted by molar-refractivity contribution is 6.00. The summed E-state index contributed by atoms with van der Waals surface area (Å²) in [5, 5.41) is 26.7. The third-order valence-corrected chi connectivity index (χ3v) is 4.83. The second kappa shape index (κ2) is 9.19. The summed E-state index contributed by atoms with van der Waals surface area (Å²) in [6.07, 6.45) is 0. The van der Waals surface area contributed by atoms with Gasteiger partial charge in [-0.15, -0.1) is 0 Å². The fraction of sp³-hybridized carbons (Fsp3) is 0.130. The van der Waals surface area contributed by atoms with Crippen LogP contribution in [-0.2, 0) is 10.4 Å². The van der Waals surface area contributed by atoms with Crippen LogP contribution in [0.5, 0.6) is 5.75 Å². The molecule has 2 N–H and O–H groups in total. The number of nitrogens with zero attached hydrogens (tertiary/aromatic N) is 2. The first-order valence-electron chi connectivity index (χ1n) is 9.39. The highest BCUT2D eigenvalue weighted by atomic mass is 16.6. The van der Waals surface area contributed by atoms with Crippen LogP contribution in [0.15, 0.2) is 84.0 Å². The van der Waals surface area contributed by atoms with Gasteiger partial charge in [0.05, 0.1) is 17.7 Å². The lowest BCUT2D eigenvalue weighted by Crippen LogP contribution is -2.43. The molecule has 3 aromatic rings. The zero-order chi connectivity index (χ0) is 22.4. The SMILES string of the molecule is COc1ccc(/C(C)=N/NC(=O)C(O)(c2ccccc2)c2ccccc2)cc1[N+](=O)[O-]. The summed E-state index contributed by atoms with van der Waals surface area (Å²) >= 11 is 0. The molecule has 158 valence electrons. The van der Waals surface area contributed by atoms with Gasteiger partial charge in [0, 0.05) is 11.6 Å². The van der Waals surface area contributed by atoms with E-state index < -0.39 is 16.4 Å². The van der Waals surface area contributed by atoms with E-state index in [9.17, 15) is 20.0 Å². The number of nitro benzene ring substituents is 1. The van der Waals surface area contributed by atoms with Gasteiger partial charge in [-0.2, -0.15) is 5.10 Å². The van der Waals surface area contributed by atoms with Crippen LogP contribution in [0.2, 0.25) is 0 Å². The van der Waals surface area contributed by atoms with Gasteiger partial charge in [0.15, 0.2) is 11.4 Å². The van der Waals surface area contributed by atoms with Crippen molar-refractivity contribution in [3.05, 3.63) is 106 Å². The number of nitro groups is 1. The van der Waals surface area contributed by atoms with Crippen molar-refractivity contribution >= 4 is 17.3 Å². The number of benzene rings is 3. The van der Waals surface area contributed by atoms with Crippen LogP contribution in [0.4, 0.5) is 5.69 Å². The van der Waals surface area contributed by atoms with E-state index in [2.05, 4.69) is 10.5 Å². The van der Waals surface area contributed by atoms with Crippen molar-refractivity contribution < 1.29 is 19.6 Å². The van der Waals surface area contributed by atoms with Crippen molar-refractivity contribution in [1.82, 2.24) is 5.43 Å². The number of rotatable bonds is 7. The number of hydrogen-bond donors (Lipinski definition) is 2. The molecule has 3 aromatic carbocycles. The third kappa shape index (κ3) is 4.44. The monoisotopic (exact) mass is 419 g/mol. The van der Waals surface area contributed by atoms with Crippen LogP contribution in [0, 0.1) is 10.1 Å². The van der Waals surface area contributed by atoms with E-state index in [1.807, 2.05) is 0 Å². The normalized spacial score (nSPS) is 11.6. The summed E-state index contributed by atoms with van der Waals surface area (Å²) in [7, 11) is 1.34. The van der Waals surface area contributed by atoms with E-state index in [-0.39, 0.29) is 11.4 Å². The van der Waals surface area contributed by atoms with Crippen molar-refractivity contribution in [2.45, 2.75) is 12.5 Å². The van der Waals surface area contributed by atoms with Crippen LogP contribution < -0.4 is 10.2 Å². The molecule has 0 unspecified atom stereocenters. The van der Waals surface area contributed by atoms with E-state index in [0.717, 1.165) is 0 Å². The number of ether oxygens (including phenoxy) is 1. The lowest BCUT2D eigenvalue weighted by atomic mass is 9.85. The number of carbonyl (C=O) groups excluding carboxylic acids is 1. The maximum Gasteiger partial charge on any atom is 0.311 e. The van der Waals surface area contributed by atoms with Gasteiger partial charge < -0.3 is 9.84 Å². The molecule has 0 spiro atoms. The molecule has 31 heavy (non-hydrogen) atoms. The summed E-state index contributed by atoms with van der Waals surface area (Å²) in [6.45, 7) is 1.59. The van der Waals surface area contributed by atoms with Gasteiger partial charge in [-0.3, -0.25) is 14.9 Å². The third-order valence-electron chi connectivity index (χ3n) is 4.83. The van der Waals surface area contributed by atoms with Crippen LogP contribution in [0.25, 0.3) is 0 Å². The van der Waals surface area contributed by atoms with Gasteiger partial charge in [-0.25, -0.2) is 5.43 Å². The smallest absolute Gasteiger partial charge is 0.311 e. The van der Waals surface area contributed by atoms with Gasteiger partial charge >= 0.3 is 5.69 Å². The zero-order valence-corrected chi connectivity index (χ0v) is 17.0. The number of hydrogen-bond acceptors (Lipinski definition) is 6. The van der Waals surface area contributed by atoms with Gasteiger partial charge in [-0.1, -0.05) is 60.7 Å². The zero-order valence-electron chi connectivity index (χ0n) is 17.0. The maximum absolute atomic E-state index is 13.1. The summed E-state index contributed by atoms with van der Waals surface area (Å²) in [5.41, 5.74) is 1.71. The lowest BCUT2D eigenvalue weighted by Gasteiger charge is -2.27. The largest absolute Gasteiger partial charge is 0.490 e. The van der Waals surface area contributed by atoms with Gasteiger partial charge in [0.25, 0.3) is 5.91 Å². The van der Waals surface area contributed by atoms with Gasteiger partial charge in [0.2, 0.25) is 0 Å². The first-order chi connectivity index (χ1) is 14.9. The van der Waals surface area contributed by atoms with Crippen LogP contribution in [0.3, 0.4) is 0 Å². The molecule has 1 amide bonds. The quantitative estimate of drug-likeness (QED) is 0.346. The Labute approximate surface area is 179 Å². The minimum atomic E-state index is -1.97. The highest BCUT2D eigenvalue weighted by Gasteiger charge is 2.40. The predicted octanol–water partition coefficient (Wildman–Crippen LogP) is 3.38. The fourth-order valence-corrected chi connectivity index (χ4v) is 3.13. The molecule has 0 atom stereocenters. The standard InChI is InChI=1S/C23H21N3O5/c1-16(17-13-14-21(31-2)20(15-17)26(29)30)24-25-22(27)23(28,18-9-5-3-6-10-18)19-11-7-4-8-12-19/h3-15,28H,1-2H3,(H,25,27)/b24-16+. The summed E-state index contributed by atoms with van der Waals surface area (Å²) in [4.78, 5) is 23.8. The highest BCUT2D eigenvalue weighted by Crippen LogP contribution is 2.30. The van der Waals surface area contributed by atoms with Crippen LogP contribution in [0.1, 0.15) is 23.6 Å². The Morgan fingerprint density at radius 3 is 2.06 bits per heavy atom. The van der Waals surface area contributed by atoms with E-state index in [1.165, 1.54) is 19.2 Å². The Hall–Kier alpha value is -4.04. The van der Waals surface area contributed by atoms with E-state index >= 15 is 0 Å². The first-order valence-corrected chi connectivity index (χ1v) is 9.39. The van der Waals surface area contributed by atoms with Crippen molar-refractivity contribution in [2.24, 2.45) is 5.10 Å². The van der Waals surface area contributed by atoms with Crippen molar-refractivity contribution in [3.63, 3.8) is 0 Å². The average molecular weight is 419 g/mol. The van der Waals surface area contributed by atoms with Crippen LogP contribution in [-0.4, -0.2) is 28.8 Å². The molecule has 8 heteroatoms. The van der Waals surface area contributed by atoms with E-state index in [4.69, 9.17) is 4.74 Å². The predicted molar refractivity (Wildman–Crippen MR) is 116 cm³/mol. The summed E-state index contributed by atoms with van der Waals surface area (Å²) < 4.78 is 5.00. The molecule has 0 aliphatic carbocycles. The second-order valence-corrected chi connectivity index (χ2v) is 6.72.